The molecule has 0 unspecified atom stereocenters. The Morgan fingerprint density at radius 3 is 2.73 bits per heavy atom. The molecule has 1 nitrogen and oxygen atoms in total. The summed E-state index contributed by atoms with van der Waals surface area (Å²) in [7, 11) is 0. The van der Waals surface area contributed by atoms with Crippen molar-refractivity contribution in [3.8, 4) is 0 Å². The van der Waals surface area contributed by atoms with E-state index >= 15 is 0 Å². The lowest BCUT2D eigenvalue weighted by Crippen LogP contribution is -2.04. The zero-order valence-electron chi connectivity index (χ0n) is 9.03. The summed E-state index contributed by atoms with van der Waals surface area (Å²) in [5, 5.41) is 5.61. The number of benzene rings is 1. The molecule has 1 N–H and O–H groups in total. The van der Waals surface area contributed by atoms with E-state index in [-0.39, 0.29) is 0 Å². The summed E-state index contributed by atoms with van der Waals surface area (Å²) in [6.45, 7) is 4.30. The molecule has 1 aromatic carbocycles. The maximum atomic E-state index is 3.50. The van der Waals surface area contributed by atoms with E-state index in [2.05, 4.69) is 60.9 Å². The van der Waals surface area contributed by atoms with Gasteiger partial charge in [-0.2, -0.15) is 0 Å². The quantitative estimate of drug-likeness (QED) is 0.811. The second kappa shape index (κ2) is 4.49. The van der Waals surface area contributed by atoms with Gasteiger partial charge in [-0.3, -0.25) is 0 Å². The minimum atomic E-state index is 0.381. The Kier molecular flexibility index (Phi) is 3.07. The third-order valence-corrected chi connectivity index (χ3v) is 3.43. The molecule has 0 bridgehead atoms. The molecule has 0 saturated heterocycles. The number of aryl methyl sites for hydroxylation is 1. The number of anilines is 1. The van der Waals surface area contributed by atoms with Crippen molar-refractivity contribution in [1.29, 1.82) is 0 Å². The van der Waals surface area contributed by atoms with Gasteiger partial charge in [-0.05, 0) is 43.0 Å². The van der Waals surface area contributed by atoms with Crippen molar-refractivity contribution < 1.29 is 0 Å². The second-order valence-corrected chi connectivity index (χ2v) is 4.73. The molecule has 2 aromatic rings. The molecule has 1 aromatic heterocycles. The maximum absolute atomic E-state index is 3.50. The average Bonchev–Trinajstić information content (AvgIpc) is 2.70. The molecule has 0 radical (unpaired) electrons. The van der Waals surface area contributed by atoms with Crippen LogP contribution in [0.1, 0.15) is 23.4 Å². The van der Waals surface area contributed by atoms with Crippen LogP contribution < -0.4 is 5.32 Å². The molecule has 0 fully saturated rings. The molecular formula is C13H15NS. The molecule has 78 valence electrons. The average molecular weight is 217 g/mol. The third kappa shape index (κ3) is 2.60. The first-order chi connectivity index (χ1) is 7.25. The van der Waals surface area contributed by atoms with Gasteiger partial charge in [-0.15, -0.1) is 11.3 Å². The second-order valence-electron chi connectivity index (χ2n) is 3.75. The lowest BCUT2D eigenvalue weighted by molar-refractivity contribution is 0.908. The van der Waals surface area contributed by atoms with Crippen molar-refractivity contribution in [2.24, 2.45) is 0 Å². The van der Waals surface area contributed by atoms with Gasteiger partial charge in [0.1, 0.15) is 0 Å². The Bertz CT molecular complexity index is 420. The molecule has 15 heavy (non-hydrogen) atoms. The smallest absolute Gasteiger partial charge is 0.0578 e. The SMILES string of the molecule is Cc1cccc(N[C@H](C)c2cccs2)c1. The Hall–Kier alpha value is -1.28. The van der Waals surface area contributed by atoms with Gasteiger partial charge < -0.3 is 5.32 Å². The highest BCUT2D eigenvalue weighted by molar-refractivity contribution is 7.10. The predicted molar refractivity (Wildman–Crippen MR) is 67.5 cm³/mol. The monoisotopic (exact) mass is 217 g/mol. The minimum Gasteiger partial charge on any atom is -0.378 e. The lowest BCUT2D eigenvalue weighted by atomic mass is 10.2. The van der Waals surface area contributed by atoms with E-state index < -0.39 is 0 Å². The molecule has 0 aliphatic rings. The van der Waals surface area contributed by atoms with E-state index in [4.69, 9.17) is 0 Å². The molecule has 1 atom stereocenters. The van der Waals surface area contributed by atoms with Crippen molar-refractivity contribution in [3.63, 3.8) is 0 Å². The van der Waals surface area contributed by atoms with Crippen LogP contribution in [0.15, 0.2) is 41.8 Å². The van der Waals surface area contributed by atoms with Crippen LogP contribution in [0, 0.1) is 6.92 Å². The fourth-order valence-corrected chi connectivity index (χ4v) is 2.33. The van der Waals surface area contributed by atoms with Gasteiger partial charge in [0.15, 0.2) is 0 Å². The van der Waals surface area contributed by atoms with E-state index in [1.807, 2.05) is 0 Å². The van der Waals surface area contributed by atoms with Crippen LogP contribution in [0.4, 0.5) is 5.69 Å². The van der Waals surface area contributed by atoms with E-state index in [1.165, 1.54) is 16.1 Å². The van der Waals surface area contributed by atoms with Crippen LogP contribution in [-0.2, 0) is 0 Å². The fourth-order valence-electron chi connectivity index (χ4n) is 1.59. The highest BCUT2D eigenvalue weighted by Crippen LogP contribution is 2.23. The van der Waals surface area contributed by atoms with Crippen molar-refractivity contribution in [2.45, 2.75) is 19.9 Å². The van der Waals surface area contributed by atoms with Gasteiger partial charge >= 0.3 is 0 Å². The lowest BCUT2D eigenvalue weighted by Gasteiger charge is -2.13. The maximum Gasteiger partial charge on any atom is 0.0578 e. The number of thiophene rings is 1. The van der Waals surface area contributed by atoms with E-state index in [1.54, 1.807) is 11.3 Å². The van der Waals surface area contributed by atoms with Crippen molar-refractivity contribution >= 4 is 17.0 Å². The molecule has 0 amide bonds. The van der Waals surface area contributed by atoms with Gasteiger partial charge in [0.25, 0.3) is 0 Å². The number of nitrogens with one attached hydrogen (secondary N) is 1. The van der Waals surface area contributed by atoms with Crippen LogP contribution in [0.2, 0.25) is 0 Å². The van der Waals surface area contributed by atoms with E-state index in [0.29, 0.717) is 6.04 Å². The van der Waals surface area contributed by atoms with Crippen LogP contribution in [0.3, 0.4) is 0 Å². The first kappa shape index (κ1) is 10.2. The summed E-state index contributed by atoms with van der Waals surface area (Å²) < 4.78 is 0. The molecule has 0 saturated carbocycles. The Balaban J connectivity index is 2.09. The first-order valence-corrected chi connectivity index (χ1v) is 6.00. The molecule has 0 aliphatic carbocycles. The van der Waals surface area contributed by atoms with Crippen molar-refractivity contribution in [3.05, 3.63) is 52.2 Å². The zero-order valence-corrected chi connectivity index (χ0v) is 9.84. The summed E-state index contributed by atoms with van der Waals surface area (Å²) in [6.07, 6.45) is 0. The Morgan fingerprint density at radius 1 is 1.20 bits per heavy atom. The number of hydrogen-bond donors (Lipinski definition) is 1. The molecule has 1 heterocycles. The van der Waals surface area contributed by atoms with Crippen molar-refractivity contribution in [1.82, 2.24) is 0 Å². The molecule has 2 heteroatoms. The highest BCUT2D eigenvalue weighted by atomic mass is 32.1. The molecular weight excluding hydrogens is 202 g/mol. The number of rotatable bonds is 3. The van der Waals surface area contributed by atoms with Crippen LogP contribution >= 0.6 is 11.3 Å². The predicted octanol–water partition coefficient (Wildman–Crippen LogP) is 4.23. The third-order valence-electron chi connectivity index (χ3n) is 2.37. The fraction of sp³-hybridized carbons (Fsp3) is 0.231. The topological polar surface area (TPSA) is 12.0 Å². The van der Waals surface area contributed by atoms with Crippen LogP contribution in [-0.4, -0.2) is 0 Å². The zero-order chi connectivity index (χ0) is 10.7. The van der Waals surface area contributed by atoms with Gasteiger partial charge in [-0.25, -0.2) is 0 Å². The molecule has 0 aliphatic heterocycles. The van der Waals surface area contributed by atoms with Gasteiger partial charge in [-0.1, -0.05) is 18.2 Å². The van der Waals surface area contributed by atoms with E-state index in [0.717, 1.165) is 0 Å². The first-order valence-electron chi connectivity index (χ1n) is 5.12. The summed E-state index contributed by atoms with van der Waals surface area (Å²) >= 11 is 1.79. The standard InChI is InChI=1S/C13H15NS/c1-10-5-3-6-12(9-10)14-11(2)13-7-4-8-15-13/h3-9,11,14H,1-2H3/t11-/m1/s1. The Morgan fingerprint density at radius 2 is 2.07 bits per heavy atom. The number of hydrogen-bond acceptors (Lipinski definition) is 2. The highest BCUT2D eigenvalue weighted by Gasteiger charge is 2.05. The summed E-state index contributed by atoms with van der Waals surface area (Å²) in [5.74, 6) is 0. The normalized spacial score (nSPS) is 12.4. The van der Waals surface area contributed by atoms with Crippen LogP contribution in [0.25, 0.3) is 0 Å². The van der Waals surface area contributed by atoms with Crippen molar-refractivity contribution in [2.75, 3.05) is 5.32 Å². The Labute approximate surface area is 94.8 Å². The largest absolute Gasteiger partial charge is 0.378 e. The van der Waals surface area contributed by atoms with E-state index in [9.17, 15) is 0 Å². The summed E-state index contributed by atoms with van der Waals surface area (Å²) in [4.78, 5) is 1.37. The molecule has 0 spiro atoms. The molecule has 2 rings (SSSR count). The minimum absolute atomic E-state index is 0.381. The van der Waals surface area contributed by atoms with Gasteiger partial charge in [0.2, 0.25) is 0 Å². The van der Waals surface area contributed by atoms with Crippen LogP contribution in [0.5, 0.6) is 0 Å². The summed E-state index contributed by atoms with van der Waals surface area (Å²) in [5.41, 5.74) is 2.48. The van der Waals surface area contributed by atoms with Gasteiger partial charge in [0.05, 0.1) is 6.04 Å². The van der Waals surface area contributed by atoms with Gasteiger partial charge in [0, 0.05) is 10.6 Å². The summed E-state index contributed by atoms with van der Waals surface area (Å²) in [6, 6.07) is 13.1.